The molecule has 1 aromatic heterocycles. The molecule has 0 aliphatic heterocycles. The van der Waals surface area contributed by atoms with Crippen molar-refractivity contribution in [3.05, 3.63) is 42.2 Å². The zero-order valence-corrected chi connectivity index (χ0v) is 6.12. The van der Waals surface area contributed by atoms with Crippen LogP contribution in [0.4, 0.5) is 0 Å². The van der Waals surface area contributed by atoms with Gasteiger partial charge < -0.3 is 0 Å². The highest BCUT2D eigenvalue weighted by atomic mass is 14.7. The first-order valence-corrected chi connectivity index (χ1v) is 3.33. The van der Waals surface area contributed by atoms with E-state index < -0.39 is 0 Å². The minimum absolute atomic E-state index is 0.632. The van der Waals surface area contributed by atoms with Gasteiger partial charge in [0, 0.05) is 12.6 Å². The van der Waals surface area contributed by atoms with Gasteiger partial charge in [0.25, 0.3) is 0 Å². The fourth-order valence-corrected chi connectivity index (χ4v) is 0.839. The first kappa shape index (κ1) is 7.49. The average Bonchev–Trinajstić information content (AvgIpc) is 2.06. The van der Waals surface area contributed by atoms with Gasteiger partial charge in [-0.1, -0.05) is 6.08 Å². The number of nitrogens with zero attached hydrogens (tertiary/aromatic N) is 2. The largest absolute Gasteiger partial charge is 0.260 e. The fraction of sp³-hybridized carbons (Fsp3) is 0.111. The molecule has 0 spiro atoms. The van der Waals surface area contributed by atoms with Crippen LogP contribution in [0.25, 0.3) is 0 Å². The Labute approximate surface area is 65.8 Å². The summed E-state index contributed by atoms with van der Waals surface area (Å²) >= 11 is 0. The van der Waals surface area contributed by atoms with E-state index in [0.29, 0.717) is 12.0 Å². The monoisotopic (exact) mass is 144 g/mol. The molecular formula is C9H8N2. The highest BCUT2D eigenvalue weighted by molar-refractivity contribution is 5.33. The van der Waals surface area contributed by atoms with Gasteiger partial charge >= 0.3 is 0 Å². The van der Waals surface area contributed by atoms with Gasteiger partial charge in [-0.05, 0) is 12.1 Å². The van der Waals surface area contributed by atoms with Crippen molar-refractivity contribution in [2.75, 3.05) is 0 Å². The molecule has 1 aromatic rings. The van der Waals surface area contributed by atoms with E-state index in [9.17, 15) is 0 Å². The van der Waals surface area contributed by atoms with Crippen molar-refractivity contribution in [1.82, 2.24) is 4.98 Å². The topological polar surface area (TPSA) is 36.7 Å². The van der Waals surface area contributed by atoms with E-state index in [0.717, 1.165) is 5.69 Å². The summed E-state index contributed by atoms with van der Waals surface area (Å²) < 4.78 is 0. The van der Waals surface area contributed by atoms with Gasteiger partial charge in [-0.2, -0.15) is 5.26 Å². The standard InChI is InChI=1S/C9H8N2/c1-2-4-9-8(7-10)5-3-6-11-9/h2-3,5-6H,1,4H2. The molecule has 0 aliphatic rings. The Morgan fingerprint density at radius 1 is 1.73 bits per heavy atom. The average molecular weight is 144 g/mol. The third-order valence-corrected chi connectivity index (χ3v) is 1.35. The van der Waals surface area contributed by atoms with E-state index in [1.807, 2.05) is 0 Å². The molecule has 0 saturated carbocycles. The predicted octanol–water partition coefficient (Wildman–Crippen LogP) is 1.68. The maximum Gasteiger partial charge on any atom is 0.101 e. The third-order valence-electron chi connectivity index (χ3n) is 1.35. The van der Waals surface area contributed by atoms with E-state index in [-0.39, 0.29) is 0 Å². The van der Waals surface area contributed by atoms with Crippen molar-refractivity contribution in [2.45, 2.75) is 6.42 Å². The molecule has 0 N–H and O–H groups in total. The summed E-state index contributed by atoms with van der Waals surface area (Å²) in [5.74, 6) is 0. The molecule has 0 unspecified atom stereocenters. The van der Waals surface area contributed by atoms with Gasteiger partial charge in [0.1, 0.15) is 6.07 Å². The molecule has 54 valence electrons. The van der Waals surface area contributed by atoms with Gasteiger partial charge in [0.15, 0.2) is 0 Å². The molecule has 0 fully saturated rings. The molecule has 1 rings (SSSR count). The second-order valence-electron chi connectivity index (χ2n) is 2.10. The van der Waals surface area contributed by atoms with Crippen molar-refractivity contribution in [2.24, 2.45) is 0 Å². The van der Waals surface area contributed by atoms with Crippen LogP contribution in [0.15, 0.2) is 31.0 Å². The number of rotatable bonds is 2. The van der Waals surface area contributed by atoms with Crippen LogP contribution in [0.1, 0.15) is 11.3 Å². The summed E-state index contributed by atoms with van der Waals surface area (Å²) in [7, 11) is 0. The summed E-state index contributed by atoms with van der Waals surface area (Å²) in [6.07, 6.45) is 4.08. The zero-order valence-electron chi connectivity index (χ0n) is 6.12. The Morgan fingerprint density at radius 3 is 3.18 bits per heavy atom. The van der Waals surface area contributed by atoms with Gasteiger partial charge in [-0.25, -0.2) is 0 Å². The van der Waals surface area contributed by atoms with Gasteiger partial charge in [-0.3, -0.25) is 4.98 Å². The highest BCUT2D eigenvalue weighted by Crippen LogP contribution is 2.03. The Bertz CT molecular complexity index is 297. The molecule has 0 atom stereocenters. The van der Waals surface area contributed by atoms with E-state index in [4.69, 9.17) is 5.26 Å². The van der Waals surface area contributed by atoms with E-state index in [2.05, 4.69) is 17.6 Å². The van der Waals surface area contributed by atoms with Crippen molar-refractivity contribution in [3.63, 3.8) is 0 Å². The first-order chi connectivity index (χ1) is 5.38. The normalized spacial score (nSPS) is 8.64. The van der Waals surface area contributed by atoms with E-state index in [1.165, 1.54) is 0 Å². The Kier molecular flexibility index (Phi) is 2.40. The summed E-state index contributed by atoms with van der Waals surface area (Å²) in [6, 6.07) is 5.58. The Hall–Kier alpha value is -1.62. The molecule has 0 bridgehead atoms. The van der Waals surface area contributed by atoms with Crippen LogP contribution in [0, 0.1) is 11.3 Å². The van der Waals surface area contributed by atoms with Gasteiger partial charge in [0.05, 0.1) is 11.3 Å². The molecule has 2 heteroatoms. The zero-order chi connectivity index (χ0) is 8.10. The summed E-state index contributed by atoms with van der Waals surface area (Å²) in [5, 5.41) is 8.62. The third kappa shape index (κ3) is 1.65. The maximum absolute atomic E-state index is 8.62. The quantitative estimate of drug-likeness (QED) is 0.592. The van der Waals surface area contributed by atoms with Crippen molar-refractivity contribution in [3.8, 4) is 6.07 Å². The van der Waals surface area contributed by atoms with Crippen LogP contribution < -0.4 is 0 Å². The van der Waals surface area contributed by atoms with E-state index >= 15 is 0 Å². The molecule has 0 radical (unpaired) electrons. The smallest absolute Gasteiger partial charge is 0.101 e. The summed E-state index contributed by atoms with van der Waals surface area (Å²) in [6.45, 7) is 3.58. The van der Waals surface area contributed by atoms with Crippen LogP contribution in [-0.2, 0) is 6.42 Å². The second-order valence-corrected chi connectivity index (χ2v) is 2.10. The SMILES string of the molecule is C=CCc1ncccc1C#N. The first-order valence-electron chi connectivity index (χ1n) is 3.33. The lowest BCUT2D eigenvalue weighted by Gasteiger charge is -1.95. The fourth-order valence-electron chi connectivity index (χ4n) is 0.839. The number of aromatic nitrogens is 1. The molecule has 0 aliphatic carbocycles. The van der Waals surface area contributed by atoms with Crippen molar-refractivity contribution < 1.29 is 0 Å². The predicted molar refractivity (Wildman–Crippen MR) is 42.9 cm³/mol. The van der Waals surface area contributed by atoms with Gasteiger partial charge in [-0.15, -0.1) is 6.58 Å². The Morgan fingerprint density at radius 2 is 2.55 bits per heavy atom. The molecule has 11 heavy (non-hydrogen) atoms. The molecule has 0 aromatic carbocycles. The lowest BCUT2D eigenvalue weighted by Crippen LogP contribution is -1.90. The lowest BCUT2D eigenvalue weighted by molar-refractivity contribution is 1.10. The minimum Gasteiger partial charge on any atom is -0.260 e. The molecule has 2 nitrogen and oxygen atoms in total. The molecular weight excluding hydrogens is 136 g/mol. The summed E-state index contributed by atoms with van der Waals surface area (Å²) in [4.78, 5) is 4.05. The van der Waals surface area contributed by atoms with Crippen molar-refractivity contribution in [1.29, 1.82) is 5.26 Å². The van der Waals surface area contributed by atoms with Crippen LogP contribution in [0.3, 0.4) is 0 Å². The number of hydrogen-bond donors (Lipinski definition) is 0. The number of nitriles is 1. The highest BCUT2D eigenvalue weighted by Gasteiger charge is 1.97. The summed E-state index contributed by atoms with van der Waals surface area (Å²) in [5.41, 5.74) is 1.43. The maximum atomic E-state index is 8.62. The minimum atomic E-state index is 0.632. The molecule has 1 heterocycles. The van der Waals surface area contributed by atoms with E-state index in [1.54, 1.807) is 24.4 Å². The second kappa shape index (κ2) is 3.52. The van der Waals surface area contributed by atoms with Crippen LogP contribution in [-0.4, -0.2) is 4.98 Å². The lowest BCUT2D eigenvalue weighted by atomic mass is 10.1. The Balaban J connectivity index is 3.04. The molecule has 0 saturated heterocycles. The number of hydrogen-bond acceptors (Lipinski definition) is 2. The van der Waals surface area contributed by atoms with Gasteiger partial charge in [0.2, 0.25) is 0 Å². The van der Waals surface area contributed by atoms with Crippen molar-refractivity contribution >= 4 is 0 Å². The van der Waals surface area contributed by atoms with Crippen LogP contribution in [0.2, 0.25) is 0 Å². The van der Waals surface area contributed by atoms with Crippen LogP contribution in [0.5, 0.6) is 0 Å². The molecule has 0 amide bonds. The number of pyridine rings is 1. The van der Waals surface area contributed by atoms with Crippen LogP contribution >= 0.6 is 0 Å². The number of allylic oxidation sites excluding steroid dienone is 1.